The summed E-state index contributed by atoms with van der Waals surface area (Å²) in [4.78, 5) is 14.7. The number of fused-ring (bicyclic) bond motifs is 1. The molecule has 26 heavy (non-hydrogen) atoms. The Morgan fingerprint density at radius 3 is 3.00 bits per heavy atom. The average Bonchev–Trinajstić information content (AvgIpc) is 3.41. The van der Waals surface area contributed by atoms with Gasteiger partial charge in [-0.1, -0.05) is 30.3 Å². The zero-order chi connectivity index (χ0) is 17.7. The van der Waals surface area contributed by atoms with E-state index < -0.39 is 11.7 Å². The zero-order valence-electron chi connectivity index (χ0n) is 14.6. The summed E-state index contributed by atoms with van der Waals surface area (Å²) in [6, 6.07) is 10.3. The van der Waals surface area contributed by atoms with Crippen LogP contribution in [0.4, 0.5) is 0 Å². The number of benzene rings is 1. The van der Waals surface area contributed by atoms with Crippen molar-refractivity contribution in [2.45, 2.75) is 43.3 Å². The monoisotopic (exact) mass is 353 g/mol. The number of aliphatic hydroxyl groups excluding tert-OH is 1. The van der Waals surface area contributed by atoms with Crippen molar-refractivity contribution in [2.75, 3.05) is 19.7 Å². The van der Waals surface area contributed by atoms with E-state index >= 15 is 0 Å². The molecule has 1 aromatic heterocycles. The maximum Gasteiger partial charge on any atom is 0.274 e. The molecule has 2 fully saturated rings. The topological polar surface area (TPSA) is 78.5 Å². The molecule has 1 spiro atoms. The minimum atomic E-state index is -0.660. The van der Waals surface area contributed by atoms with Gasteiger partial charge in [-0.05, 0) is 31.2 Å². The van der Waals surface area contributed by atoms with Crippen LogP contribution < -0.4 is 0 Å². The highest BCUT2D eigenvalue weighted by atomic mass is 16.5. The van der Waals surface area contributed by atoms with Gasteiger partial charge in [0.15, 0.2) is 5.69 Å². The van der Waals surface area contributed by atoms with Crippen molar-refractivity contribution in [1.29, 1.82) is 0 Å². The number of rotatable bonds is 2. The predicted molar refractivity (Wildman–Crippen MR) is 95.0 cm³/mol. The molecule has 0 unspecified atom stereocenters. The molecule has 1 aromatic carbocycles. The molecule has 2 aliphatic heterocycles. The van der Waals surface area contributed by atoms with Crippen LogP contribution in [0.25, 0.3) is 0 Å². The molecular weight excluding hydrogens is 330 g/mol. The molecule has 0 bridgehead atoms. The number of hydrogen-bond acceptors (Lipinski definition) is 4. The SMILES string of the molecule is O=C(c1n[nH]c2c1CCC2)N1C[C@@H](O)[C@@]2(C[C@H](c3ccccc3)CO2)C1. The number of β-amino-alcohol motifs (C(OH)–C–C–N with tert-alkyl or cyclic N) is 1. The molecule has 1 amide bonds. The van der Waals surface area contributed by atoms with Crippen molar-refractivity contribution < 1.29 is 14.6 Å². The summed E-state index contributed by atoms with van der Waals surface area (Å²) in [5.41, 5.74) is 3.24. The third-order valence-electron chi connectivity index (χ3n) is 6.19. The molecule has 3 aliphatic rings. The Morgan fingerprint density at radius 2 is 2.15 bits per heavy atom. The fraction of sp³-hybridized carbons (Fsp3) is 0.500. The normalized spacial score (nSPS) is 30.3. The quantitative estimate of drug-likeness (QED) is 0.861. The van der Waals surface area contributed by atoms with Gasteiger partial charge in [0.1, 0.15) is 11.7 Å². The second kappa shape index (κ2) is 5.93. The molecule has 1 aliphatic carbocycles. The second-order valence-electron chi connectivity index (χ2n) is 7.77. The highest BCUT2D eigenvalue weighted by Crippen LogP contribution is 2.42. The molecule has 3 atom stereocenters. The first-order chi connectivity index (χ1) is 12.7. The molecule has 0 saturated carbocycles. The van der Waals surface area contributed by atoms with Gasteiger partial charge < -0.3 is 14.7 Å². The van der Waals surface area contributed by atoms with Gasteiger partial charge in [-0.15, -0.1) is 0 Å². The lowest BCUT2D eigenvalue weighted by atomic mass is 9.87. The third kappa shape index (κ3) is 2.40. The Morgan fingerprint density at radius 1 is 1.31 bits per heavy atom. The molecule has 2 N–H and O–H groups in total. The third-order valence-corrected chi connectivity index (χ3v) is 6.19. The van der Waals surface area contributed by atoms with Gasteiger partial charge in [0, 0.05) is 23.7 Å². The lowest BCUT2D eigenvalue weighted by molar-refractivity contribution is -0.0591. The van der Waals surface area contributed by atoms with E-state index in [1.54, 1.807) is 4.90 Å². The number of aliphatic hydroxyl groups is 1. The van der Waals surface area contributed by atoms with Crippen LogP contribution in [0.2, 0.25) is 0 Å². The molecular formula is C20H23N3O3. The summed E-state index contributed by atoms with van der Waals surface area (Å²) in [6.07, 6.45) is 3.01. The van der Waals surface area contributed by atoms with Gasteiger partial charge in [0.2, 0.25) is 0 Å². The van der Waals surface area contributed by atoms with Gasteiger partial charge in [-0.3, -0.25) is 9.89 Å². The van der Waals surface area contributed by atoms with E-state index in [1.165, 1.54) is 5.56 Å². The Hall–Kier alpha value is -2.18. The predicted octanol–water partition coefficient (Wildman–Crippen LogP) is 1.66. The molecule has 2 aromatic rings. The number of hydrogen-bond donors (Lipinski definition) is 2. The molecule has 136 valence electrons. The van der Waals surface area contributed by atoms with E-state index in [0.29, 0.717) is 25.4 Å². The van der Waals surface area contributed by atoms with Crippen LogP contribution in [0.3, 0.4) is 0 Å². The maximum absolute atomic E-state index is 13.0. The molecule has 0 radical (unpaired) electrons. The van der Waals surface area contributed by atoms with Crippen molar-refractivity contribution in [2.24, 2.45) is 0 Å². The number of likely N-dealkylation sites (tertiary alicyclic amines) is 1. The van der Waals surface area contributed by atoms with Gasteiger partial charge in [-0.25, -0.2) is 0 Å². The van der Waals surface area contributed by atoms with Gasteiger partial charge in [-0.2, -0.15) is 5.10 Å². The number of nitrogens with zero attached hydrogens (tertiary/aromatic N) is 2. The summed E-state index contributed by atoms with van der Waals surface area (Å²) in [7, 11) is 0. The summed E-state index contributed by atoms with van der Waals surface area (Å²) >= 11 is 0. The number of ether oxygens (including phenoxy) is 1. The van der Waals surface area contributed by atoms with Crippen LogP contribution in [0.1, 0.15) is 46.1 Å². The Balaban J connectivity index is 1.35. The zero-order valence-corrected chi connectivity index (χ0v) is 14.6. The first-order valence-electron chi connectivity index (χ1n) is 9.39. The van der Waals surface area contributed by atoms with Crippen LogP contribution in [0.5, 0.6) is 0 Å². The standard InChI is InChI=1S/C20H23N3O3/c24-17-10-23(19(25)18-15-7-4-8-16(15)21-22-18)12-20(17)9-14(11-26-20)13-5-2-1-3-6-13/h1-3,5-6,14,17,24H,4,7-12H2,(H,21,22)/t14-,17+,20+/m0/s1. The Bertz CT molecular complexity index is 834. The highest BCUT2D eigenvalue weighted by molar-refractivity contribution is 5.94. The van der Waals surface area contributed by atoms with E-state index in [4.69, 9.17) is 4.74 Å². The highest BCUT2D eigenvalue weighted by Gasteiger charge is 2.53. The number of amides is 1. The van der Waals surface area contributed by atoms with E-state index in [9.17, 15) is 9.90 Å². The molecule has 3 heterocycles. The first-order valence-corrected chi connectivity index (χ1v) is 9.39. The Labute approximate surface area is 152 Å². The van der Waals surface area contributed by atoms with E-state index in [0.717, 1.165) is 36.9 Å². The fourth-order valence-corrected chi connectivity index (χ4v) is 4.75. The average molecular weight is 353 g/mol. The summed E-state index contributed by atoms with van der Waals surface area (Å²) < 4.78 is 6.10. The van der Waals surface area contributed by atoms with Crippen molar-refractivity contribution in [3.8, 4) is 0 Å². The number of H-pyrrole nitrogens is 1. The number of carbonyl (C=O) groups is 1. The van der Waals surface area contributed by atoms with Crippen LogP contribution in [-0.4, -0.2) is 57.5 Å². The van der Waals surface area contributed by atoms with Crippen LogP contribution in [0.15, 0.2) is 30.3 Å². The first kappa shape index (κ1) is 16.0. The van der Waals surface area contributed by atoms with Crippen molar-refractivity contribution in [1.82, 2.24) is 15.1 Å². The minimum absolute atomic E-state index is 0.0907. The largest absolute Gasteiger partial charge is 0.388 e. The lowest BCUT2D eigenvalue weighted by Gasteiger charge is -2.25. The Kier molecular flexibility index (Phi) is 3.65. The maximum atomic E-state index is 13.0. The fourth-order valence-electron chi connectivity index (χ4n) is 4.75. The van der Waals surface area contributed by atoms with Crippen molar-refractivity contribution in [3.63, 3.8) is 0 Å². The lowest BCUT2D eigenvalue weighted by Crippen LogP contribution is -2.41. The number of aromatic nitrogens is 2. The van der Waals surface area contributed by atoms with E-state index in [-0.39, 0.29) is 11.8 Å². The summed E-state index contributed by atoms with van der Waals surface area (Å²) in [5.74, 6) is 0.169. The van der Waals surface area contributed by atoms with Crippen LogP contribution >= 0.6 is 0 Å². The van der Waals surface area contributed by atoms with E-state index in [1.807, 2.05) is 18.2 Å². The molecule has 6 nitrogen and oxygen atoms in total. The van der Waals surface area contributed by atoms with E-state index in [2.05, 4.69) is 22.3 Å². The molecule has 2 saturated heterocycles. The van der Waals surface area contributed by atoms with Gasteiger partial charge in [0.05, 0.1) is 13.2 Å². The molecule has 5 rings (SSSR count). The van der Waals surface area contributed by atoms with Gasteiger partial charge in [0.25, 0.3) is 5.91 Å². The van der Waals surface area contributed by atoms with Crippen molar-refractivity contribution >= 4 is 5.91 Å². The number of aryl methyl sites for hydroxylation is 1. The second-order valence-corrected chi connectivity index (χ2v) is 7.77. The summed E-state index contributed by atoms with van der Waals surface area (Å²) in [6.45, 7) is 1.32. The number of carbonyl (C=O) groups excluding carboxylic acids is 1. The smallest absolute Gasteiger partial charge is 0.274 e. The van der Waals surface area contributed by atoms with Gasteiger partial charge >= 0.3 is 0 Å². The van der Waals surface area contributed by atoms with Crippen LogP contribution in [-0.2, 0) is 17.6 Å². The van der Waals surface area contributed by atoms with Crippen molar-refractivity contribution in [3.05, 3.63) is 52.8 Å². The number of aromatic amines is 1. The summed E-state index contributed by atoms with van der Waals surface area (Å²) in [5, 5.41) is 18.0. The molecule has 6 heteroatoms. The number of nitrogens with one attached hydrogen (secondary N) is 1. The van der Waals surface area contributed by atoms with Crippen LogP contribution in [0, 0.1) is 0 Å². The minimum Gasteiger partial charge on any atom is -0.388 e.